The highest BCUT2D eigenvalue weighted by molar-refractivity contribution is 4.96. The maximum Gasteiger partial charge on any atom is 0.0117 e. The summed E-state index contributed by atoms with van der Waals surface area (Å²) < 4.78 is 0. The van der Waals surface area contributed by atoms with Crippen molar-refractivity contribution in [2.75, 3.05) is 0 Å². The Hall–Kier alpha value is -0.440. The van der Waals surface area contributed by atoms with Gasteiger partial charge < -0.3 is 0 Å². The molecule has 0 aliphatic carbocycles. The standard InChI is InChI=1S/C9H15/c1-4-6-8-9(3)7-5-2/h9H,3,5,7-8H2,1-2H3. The number of hydrogen-bond acceptors (Lipinski definition) is 0. The molecule has 1 radical (unpaired) electrons. The van der Waals surface area contributed by atoms with E-state index in [1.165, 1.54) is 12.8 Å². The van der Waals surface area contributed by atoms with Gasteiger partial charge in [-0.2, -0.15) is 0 Å². The first-order chi connectivity index (χ1) is 4.31. The van der Waals surface area contributed by atoms with E-state index in [1.807, 2.05) is 6.92 Å². The van der Waals surface area contributed by atoms with Gasteiger partial charge in [-0.3, -0.25) is 0 Å². The fourth-order valence-corrected chi connectivity index (χ4v) is 0.757. The van der Waals surface area contributed by atoms with Gasteiger partial charge in [-0.15, -0.1) is 11.8 Å². The minimum atomic E-state index is 0.544. The van der Waals surface area contributed by atoms with Crippen LogP contribution in [0.15, 0.2) is 0 Å². The van der Waals surface area contributed by atoms with Gasteiger partial charge in [0.25, 0.3) is 0 Å². The molecule has 0 aromatic heterocycles. The highest BCUT2D eigenvalue weighted by Gasteiger charge is 1.95. The van der Waals surface area contributed by atoms with Crippen LogP contribution in [-0.2, 0) is 0 Å². The lowest BCUT2D eigenvalue weighted by Gasteiger charge is -2.02. The van der Waals surface area contributed by atoms with Gasteiger partial charge in [0.1, 0.15) is 0 Å². The van der Waals surface area contributed by atoms with E-state index in [2.05, 4.69) is 25.7 Å². The SMILES string of the molecule is [CH2]C(CC#CC)CCC. The zero-order valence-corrected chi connectivity index (χ0v) is 6.41. The third-order valence-corrected chi connectivity index (χ3v) is 1.26. The average Bonchev–Trinajstić information content (AvgIpc) is 1.85. The van der Waals surface area contributed by atoms with Gasteiger partial charge in [0.15, 0.2) is 0 Å². The summed E-state index contributed by atoms with van der Waals surface area (Å²) in [4.78, 5) is 0. The molecule has 51 valence electrons. The summed E-state index contributed by atoms with van der Waals surface area (Å²) in [6.07, 6.45) is 3.39. The lowest BCUT2D eigenvalue weighted by Crippen LogP contribution is -1.90. The van der Waals surface area contributed by atoms with E-state index in [-0.39, 0.29) is 0 Å². The Morgan fingerprint density at radius 2 is 2.22 bits per heavy atom. The fraction of sp³-hybridized carbons (Fsp3) is 0.667. The van der Waals surface area contributed by atoms with Gasteiger partial charge in [-0.1, -0.05) is 13.3 Å². The Kier molecular flexibility index (Phi) is 5.41. The molecule has 0 aliphatic heterocycles. The van der Waals surface area contributed by atoms with Crippen LogP contribution in [0.3, 0.4) is 0 Å². The van der Waals surface area contributed by atoms with Crippen molar-refractivity contribution in [3.8, 4) is 11.8 Å². The summed E-state index contributed by atoms with van der Waals surface area (Å²) in [7, 11) is 0. The molecule has 0 nitrogen and oxygen atoms in total. The molecule has 0 aromatic rings. The number of hydrogen-bond donors (Lipinski definition) is 0. The van der Waals surface area contributed by atoms with Crippen LogP contribution < -0.4 is 0 Å². The van der Waals surface area contributed by atoms with Gasteiger partial charge in [0.2, 0.25) is 0 Å². The van der Waals surface area contributed by atoms with Crippen molar-refractivity contribution in [3.05, 3.63) is 6.92 Å². The van der Waals surface area contributed by atoms with Crippen LogP contribution in [0, 0.1) is 24.7 Å². The molecule has 0 amide bonds. The molecule has 0 rings (SSSR count). The smallest absolute Gasteiger partial charge is 0.0117 e. The third kappa shape index (κ3) is 5.43. The van der Waals surface area contributed by atoms with Crippen LogP contribution in [0.5, 0.6) is 0 Å². The Bertz CT molecular complexity index is 103. The summed E-state index contributed by atoms with van der Waals surface area (Å²) in [6, 6.07) is 0. The van der Waals surface area contributed by atoms with E-state index in [0.29, 0.717) is 5.92 Å². The number of rotatable bonds is 3. The van der Waals surface area contributed by atoms with Crippen LogP contribution in [0.4, 0.5) is 0 Å². The second-order valence-electron chi connectivity index (χ2n) is 2.29. The van der Waals surface area contributed by atoms with Gasteiger partial charge in [-0.05, 0) is 26.2 Å². The third-order valence-electron chi connectivity index (χ3n) is 1.26. The van der Waals surface area contributed by atoms with Crippen molar-refractivity contribution in [2.24, 2.45) is 5.92 Å². The van der Waals surface area contributed by atoms with Crippen molar-refractivity contribution < 1.29 is 0 Å². The first kappa shape index (κ1) is 8.56. The molecular formula is C9H15. The van der Waals surface area contributed by atoms with E-state index < -0.39 is 0 Å². The summed E-state index contributed by atoms with van der Waals surface area (Å²) in [5, 5.41) is 0. The highest BCUT2D eigenvalue weighted by Crippen LogP contribution is 2.07. The Balaban J connectivity index is 3.22. The first-order valence-corrected chi connectivity index (χ1v) is 3.54. The van der Waals surface area contributed by atoms with E-state index >= 15 is 0 Å². The molecule has 0 spiro atoms. The summed E-state index contributed by atoms with van der Waals surface area (Å²) in [5.41, 5.74) is 0. The molecular weight excluding hydrogens is 108 g/mol. The Morgan fingerprint density at radius 1 is 1.56 bits per heavy atom. The van der Waals surface area contributed by atoms with Crippen molar-refractivity contribution in [1.29, 1.82) is 0 Å². The Morgan fingerprint density at radius 3 is 2.67 bits per heavy atom. The summed E-state index contributed by atoms with van der Waals surface area (Å²) in [5.74, 6) is 6.43. The summed E-state index contributed by atoms with van der Waals surface area (Å²) >= 11 is 0. The quantitative estimate of drug-likeness (QED) is 0.506. The molecule has 1 unspecified atom stereocenters. The zero-order valence-electron chi connectivity index (χ0n) is 6.41. The molecule has 0 N–H and O–H groups in total. The maximum absolute atomic E-state index is 3.96. The normalized spacial score (nSPS) is 11.9. The van der Waals surface area contributed by atoms with Gasteiger partial charge >= 0.3 is 0 Å². The van der Waals surface area contributed by atoms with Crippen LogP contribution in [0.1, 0.15) is 33.1 Å². The minimum absolute atomic E-state index is 0.544. The largest absolute Gasteiger partial charge is 0.107 e. The topological polar surface area (TPSA) is 0 Å². The predicted octanol–water partition coefficient (Wildman–Crippen LogP) is 2.65. The van der Waals surface area contributed by atoms with E-state index in [0.717, 1.165) is 6.42 Å². The van der Waals surface area contributed by atoms with Crippen molar-refractivity contribution in [3.63, 3.8) is 0 Å². The van der Waals surface area contributed by atoms with Crippen molar-refractivity contribution in [2.45, 2.75) is 33.1 Å². The molecule has 0 aliphatic rings. The molecule has 1 atom stereocenters. The maximum atomic E-state index is 3.96. The zero-order chi connectivity index (χ0) is 7.11. The molecule has 0 heteroatoms. The second-order valence-corrected chi connectivity index (χ2v) is 2.29. The van der Waals surface area contributed by atoms with Crippen LogP contribution in [0.2, 0.25) is 0 Å². The predicted molar refractivity (Wildman–Crippen MR) is 41.8 cm³/mol. The van der Waals surface area contributed by atoms with E-state index in [9.17, 15) is 0 Å². The van der Waals surface area contributed by atoms with Gasteiger partial charge in [0, 0.05) is 6.42 Å². The molecule has 0 saturated carbocycles. The van der Waals surface area contributed by atoms with E-state index in [1.54, 1.807) is 0 Å². The lowest BCUT2D eigenvalue weighted by molar-refractivity contribution is 0.592. The second kappa shape index (κ2) is 5.69. The monoisotopic (exact) mass is 123 g/mol. The average molecular weight is 123 g/mol. The van der Waals surface area contributed by atoms with Gasteiger partial charge in [-0.25, -0.2) is 0 Å². The molecule has 9 heavy (non-hydrogen) atoms. The van der Waals surface area contributed by atoms with Crippen LogP contribution in [-0.4, -0.2) is 0 Å². The lowest BCUT2D eigenvalue weighted by atomic mass is 10.0. The molecule has 0 aromatic carbocycles. The fourth-order valence-electron chi connectivity index (χ4n) is 0.757. The van der Waals surface area contributed by atoms with E-state index in [4.69, 9.17) is 0 Å². The molecule has 0 fully saturated rings. The summed E-state index contributed by atoms with van der Waals surface area (Å²) in [6.45, 7) is 8.01. The highest BCUT2D eigenvalue weighted by atomic mass is 14.0. The molecule has 0 heterocycles. The molecule has 0 bridgehead atoms. The first-order valence-electron chi connectivity index (χ1n) is 3.54. The van der Waals surface area contributed by atoms with Crippen LogP contribution >= 0.6 is 0 Å². The minimum Gasteiger partial charge on any atom is -0.107 e. The van der Waals surface area contributed by atoms with Crippen molar-refractivity contribution in [1.82, 2.24) is 0 Å². The van der Waals surface area contributed by atoms with Crippen molar-refractivity contribution >= 4 is 0 Å². The van der Waals surface area contributed by atoms with Gasteiger partial charge in [0.05, 0.1) is 0 Å². The van der Waals surface area contributed by atoms with Crippen LogP contribution in [0.25, 0.3) is 0 Å². The molecule has 0 saturated heterocycles. The Labute approximate surface area is 58.7 Å².